The molecule has 0 radical (unpaired) electrons. The number of hydrogen-bond acceptors (Lipinski definition) is 15. The lowest BCUT2D eigenvalue weighted by Crippen LogP contribution is -2.62. The molecule has 2 aromatic rings. The Labute approximate surface area is 325 Å². The van der Waals surface area contributed by atoms with Gasteiger partial charge in [-0.1, -0.05) is 48.6 Å². The van der Waals surface area contributed by atoms with Gasteiger partial charge in [-0.15, -0.1) is 0 Å². The lowest BCUT2D eigenvalue weighted by atomic mass is 9.92. The summed E-state index contributed by atoms with van der Waals surface area (Å²) in [5.41, 5.74) is 3.08. The normalized spacial score (nSPS) is 28.1. The Morgan fingerprint density at radius 2 is 1.51 bits per heavy atom. The molecule has 0 bridgehead atoms. The maximum absolute atomic E-state index is 12.3. The minimum atomic E-state index is -1.30. The van der Waals surface area contributed by atoms with E-state index in [4.69, 9.17) is 45.4 Å². The smallest absolute Gasteiger partial charge is 0.303 e. The summed E-state index contributed by atoms with van der Waals surface area (Å²) >= 11 is 5.76. The van der Waals surface area contributed by atoms with Crippen molar-refractivity contribution in [2.45, 2.75) is 115 Å². The highest BCUT2D eigenvalue weighted by Crippen LogP contribution is 2.39. The fourth-order valence-corrected chi connectivity index (χ4v) is 7.56. The van der Waals surface area contributed by atoms with Crippen LogP contribution in [-0.4, -0.2) is 113 Å². The van der Waals surface area contributed by atoms with Gasteiger partial charge >= 0.3 is 23.9 Å². The largest absolute Gasteiger partial charge is 0.463 e. The Hall–Kier alpha value is -4.03. The Bertz CT molecular complexity index is 1660. The number of rotatable bonds is 14. The SMILES string of the molecule is CC(=O)OCC1OC(CC(=S)Nc2cccc(C3OC(CN4CCCC4CO)CC(c4ccc(CO)cc4)O3)c2)C(OC(C)=O)C(OC(C)=O)C1OC(C)=O. The van der Waals surface area contributed by atoms with Crippen LogP contribution in [-0.2, 0) is 58.9 Å². The number of nitrogens with one attached hydrogen (secondary N) is 1. The van der Waals surface area contributed by atoms with E-state index < -0.39 is 60.7 Å². The topological polar surface area (TPSA) is 189 Å². The van der Waals surface area contributed by atoms with Gasteiger partial charge in [0, 0.05) is 64.4 Å². The first-order valence-electron chi connectivity index (χ1n) is 18.4. The Morgan fingerprint density at radius 1 is 0.836 bits per heavy atom. The second-order valence-corrected chi connectivity index (χ2v) is 14.4. The van der Waals surface area contributed by atoms with Gasteiger partial charge in [0.1, 0.15) is 18.8 Å². The highest BCUT2D eigenvalue weighted by atomic mass is 32.1. The number of aliphatic hydroxyl groups excluding tert-OH is 2. The van der Waals surface area contributed by atoms with Crippen molar-refractivity contribution in [2.75, 3.05) is 31.6 Å². The minimum Gasteiger partial charge on any atom is -0.463 e. The molecule has 2 aromatic carbocycles. The standard InChI is InChI=1S/C39H50N2O13S/c1-22(44)48-21-34-37(50-24(3)46)38(51-25(4)47)36(49-23(2)45)33(53-34)17-35(55)40-29-8-5-7-28(15-29)39-52-31(18-41-14-6-9-30(41)20-43)16-32(54-39)27-12-10-26(19-42)11-13-27/h5,7-8,10-13,15,30-34,36-39,42-43H,6,9,14,16-21H2,1-4H3,(H,40,55). The van der Waals surface area contributed by atoms with Crippen LogP contribution in [0.1, 0.15) is 82.5 Å². The van der Waals surface area contributed by atoms with E-state index in [9.17, 15) is 29.4 Å². The number of carbonyl (C=O) groups excluding carboxylic acids is 4. The number of thiocarbonyl (C=S) groups is 1. The van der Waals surface area contributed by atoms with Crippen LogP contribution >= 0.6 is 12.2 Å². The van der Waals surface area contributed by atoms with Crippen LogP contribution in [0.5, 0.6) is 0 Å². The summed E-state index contributed by atoms with van der Waals surface area (Å²) in [4.78, 5) is 50.9. The average molecular weight is 787 g/mol. The number of hydrogen-bond donors (Lipinski definition) is 3. The van der Waals surface area contributed by atoms with E-state index in [0.717, 1.165) is 49.9 Å². The molecule has 9 atom stereocenters. The van der Waals surface area contributed by atoms with Crippen molar-refractivity contribution in [1.29, 1.82) is 0 Å². The van der Waals surface area contributed by atoms with Crippen molar-refractivity contribution in [3.8, 4) is 0 Å². The fraction of sp³-hybridized carbons (Fsp3) is 0.564. The van der Waals surface area contributed by atoms with Crippen LogP contribution in [0.2, 0.25) is 0 Å². The fourth-order valence-electron chi connectivity index (χ4n) is 7.28. The molecule has 3 saturated heterocycles. The Balaban J connectivity index is 1.35. The molecule has 15 nitrogen and oxygen atoms in total. The molecule has 3 heterocycles. The zero-order valence-electron chi connectivity index (χ0n) is 31.4. The molecule has 3 fully saturated rings. The van der Waals surface area contributed by atoms with E-state index in [1.165, 1.54) is 13.8 Å². The Kier molecular flexibility index (Phi) is 15.1. The van der Waals surface area contributed by atoms with Gasteiger partial charge in [0.05, 0.1) is 30.4 Å². The molecular weight excluding hydrogens is 736 g/mol. The molecule has 300 valence electrons. The maximum atomic E-state index is 12.3. The van der Waals surface area contributed by atoms with E-state index in [-0.39, 0.29) is 49.5 Å². The zero-order chi connectivity index (χ0) is 39.6. The van der Waals surface area contributed by atoms with Crippen molar-refractivity contribution < 1.29 is 62.5 Å². The predicted octanol–water partition coefficient (Wildman–Crippen LogP) is 3.44. The van der Waals surface area contributed by atoms with E-state index >= 15 is 0 Å². The van der Waals surface area contributed by atoms with Crippen LogP contribution < -0.4 is 5.32 Å². The lowest BCUT2D eigenvalue weighted by molar-refractivity contribution is -0.253. The van der Waals surface area contributed by atoms with Gasteiger partial charge in [0.15, 0.2) is 24.6 Å². The van der Waals surface area contributed by atoms with Crippen molar-refractivity contribution >= 4 is 46.8 Å². The van der Waals surface area contributed by atoms with Gasteiger partial charge < -0.3 is 48.7 Å². The summed E-state index contributed by atoms with van der Waals surface area (Å²) in [6, 6.07) is 15.1. The van der Waals surface area contributed by atoms with Gasteiger partial charge in [-0.2, -0.15) is 0 Å². The number of benzene rings is 2. The van der Waals surface area contributed by atoms with E-state index in [1.807, 2.05) is 48.5 Å². The molecule has 3 aliphatic heterocycles. The van der Waals surface area contributed by atoms with Crippen molar-refractivity contribution in [3.63, 3.8) is 0 Å². The quantitative estimate of drug-likeness (QED) is 0.143. The average Bonchev–Trinajstić information content (AvgIpc) is 3.59. The second-order valence-electron chi connectivity index (χ2n) is 13.9. The Morgan fingerprint density at radius 3 is 2.15 bits per heavy atom. The summed E-state index contributed by atoms with van der Waals surface area (Å²) < 4.78 is 41.1. The van der Waals surface area contributed by atoms with Gasteiger partial charge in [0.25, 0.3) is 0 Å². The third-order valence-corrected chi connectivity index (χ3v) is 9.95. The van der Waals surface area contributed by atoms with Crippen LogP contribution in [0.25, 0.3) is 0 Å². The molecule has 16 heteroatoms. The van der Waals surface area contributed by atoms with Crippen molar-refractivity contribution in [3.05, 3.63) is 65.2 Å². The molecule has 0 aliphatic carbocycles. The van der Waals surface area contributed by atoms with Gasteiger partial charge in [0.2, 0.25) is 0 Å². The lowest BCUT2D eigenvalue weighted by Gasteiger charge is -2.44. The molecule has 0 saturated carbocycles. The highest BCUT2D eigenvalue weighted by Gasteiger charge is 2.52. The van der Waals surface area contributed by atoms with Gasteiger partial charge in [-0.25, -0.2) is 0 Å². The zero-order valence-corrected chi connectivity index (χ0v) is 32.2. The van der Waals surface area contributed by atoms with Crippen LogP contribution in [0.3, 0.4) is 0 Å². The van der Waals surface area contributed by atoms with E-state index in [0.29, 0.717) is 18.7 Å². The number of anilines is 1. The van der Waals surface area contributed by atoms with Crippen molar-refractivity contribution in [1.82, 2.24) is 4.90 Å². The molecular formula is C39H50N2O13S. The first kappa shape index (κ1) is 42.1. The number of carbonyl (C=O) groups is 4. The molecule has 9 unspecified atom stereocenters. The monoisotopic (exact) mass is 786 g/mol. The summed E-state index contributed by atoms with van der Waals surface area (Å²) in [6.07, 6.45) is -4.65. The second kappa shape index (κ2) is 19.7. The third-order valence-electron chi connectivity index (χ3n) is 9.68. The van der Waals surface area contributed by atoms with Crippen LogP contribution in [0, 0.1) is 0 Å². The summed E-state index contributed by atoms with van der Waals surface area (Å²) in [5.74, 6) is -2.76. The molecule has 5 rings (SSSR count). The van der Waals surface area contributed by atoms with Crippen LogP contribution in [0.4, 0.5) is 5.69 Å². The minimum absolute atomic E-state index is 0.0368. The molecule has 0 amide bonds. The summed E-state index contributed by atoms with van der Waals surface area (Å²) in [6.45, 7) is 5.90. The summed E-state index contributed by atoms with van der Waals surface area (Å²) in [7, 11) is 0. The maximum Gasteiger partial charge on any atom is 0.303 e. The first-order chi connectivity index (χ1) is 26.3. The van der Waals surface area contributed by atoms with E-state index in [1.54, 1.807) is 0 Å². The number of likely N-dealkylation sites (tertiary alicyclic amines) is 1. The first-order valence-corrected chi connectivity index (χ1v) is 18.8. The number of ether oxygens (including phenoxy) is 7. The highest BCUT2D eigenvalue weighted by molar-refractivity contribution is 7.80. The number of esters is 4. The predicted molar refractivity (Wildman–Crippen MR) is 199 cm³/mol. The van der Waals surface area contributed by atoms with E-state index in [2.05, 4.69) is 10.2 Å². The van der Waals surface area contributed by atoms with Crippen molar-refractivity contribution in [2.24, 2.45) is 0 Å². The molecule has 55 heavy (non-hydrogen) atoms. The molecule has 3 N–H and O–H groups in total. The molecule has 0 aromatic heterocycles. The number of aliphatic hydroxyl groups is 2. The van der Waals surface area contributed by atoms with Gasteiger partial charge in [-0.05, 0) is 42.6 Å². The number of nitrogens with zero attached hydrogens (tertiary/aromatic N) is 1. The molecule has 3 aliphatic rings. The summed E-state index contributed by atoms with van der Waals surface area (Å²) in [5, 5.41) is 22.7. The van der Waals surface area contributed by atoms with Gasteiger partial charge in [-0.3, -0.25) is 24.1 Å². The van der Waals surface area contributed by atoms with Crippen LogP contribution in [0.15, 0.2) is 48.5 Å². The molecule has 0 spiro atoms. The third kappa shape index (κ3) is 11.7.